The van der Waals surface area contributed by atoms with E-state index in [1.807, 2.05) is 36.6 Å². The molecule has 0 bridgehead atoms. The number of aliphatic hydroxyl groups is 2. The van der Waals surface area contributed by atoms with Gasteiger partial charge in [0.15, 0.2) is 0 Å². The predicted octanol–water partition coefficient (Wildman–Crippen LogP) is 2.01. The summed E-state index contributed by atoms with van der Waals surface area (Å²) in [6.07, 6.45) is 13.4. The molecule has 1 saturated carbocycles. The minimum atomic E-state index is -0.511. The highest BCUT2D eigenvalue weighted by atomic mass is 16.3. The Bertz CT molecular complexity index is 992. The number of hydrogen-bond acceptors (Lipinski definition) is 4. The third-order valence-electron chi connectivity index (χ3n) is 5.37. The molecular formula is C23H29N3O3. The summed E-state index contributed by atoms with van der Waals surface area (Å²) in [5.41, 5.74) is 1.51. The van der Waals surface area contributed by atoms with Crippen LogP contribution in [0.1, 0.15) is 55.5 Å². The Morgan fingerprint density at radius 3 is 2.66 bits per heavy atom. The molecule has 2 aromatic heterocycles. The van der Waals surface area contributed by atoms with Crippen molar-refractivity contribution in [3.05, 3.63) is 64.6 Å². The lowest BCUT2D eigenvalue weighted by Crippen LogP contribution is -2.46. The number of aliphatic hydroxyl groups excluding tert-OH is 2. The zero-order valence-corrected chi connectivity index (χ0v) is 17.0. The van der Waals surface area contributed by atoms with Crippen LogP contribution in [0.3, 0.4) is 0 Å². The Morgan fingerprint density at radius 2 is 2.00 bits per heavy atom. The van der Waals surface area contributed by atoms with Crippen LogP contribution in [-0.4, -0.2) is 37.8 Å². The number of amides is 1. The fraction of sp³-hybridized carbons (Fsp3) is 0.391. The molecule has 1 fully saturated rings. The van der Waals surface area contributed by atoms with Gasteiger partial charge in [0.2, 0.25) is 0 Å². The van der Waals surface area contributed by atoms with Crippen LogP contribution in [0.4, 0.5) is 0 Å². The first-order valence-corrected chi connectivity index (χ1v) is 10.1. The highest BCUT2D eigenvalue weighted by Crippen LogP contribution is 2.18. The highest BCUT2D eigenvalue weighted by Gasteiger charge is 2.26. The smallest absolute Gasteiger partial charge is 0.253 e. The van der Waals surface area contributed by atoms with Crippen molar-refractivity contribution in [1.29, 1.82) is 0 Å². The molecule has 3 N–H and O–H groups in total. The van der Waals surface area contributed by atoms with Crippen molar-refractivity contribution in [2.45, 2.75) is 58.2 Å². The van der Waals surface area contributed by atoms with Crippen LogP contribution in [0.5, 0.6) is 0 Å². The van der Waals surface area contributed by atoms with Gasteiger partial charge >= 0.3 is 0 Å². The van der Waals surface area contributed by atoms with E-state index in [1.54, 1.807) is 30.7 Å². The van der Waals surface area contributed by atoms with Gasteiger partial charge in [-0.3, -0.25) is 9.78 Å². The standard InChI is InChI=1S/C23H29N3O3/c1-3-7-21(28)22-17(4-2)18(15-26(22)14-16-10-12-24-13-11-16)23(29)25-19-8-5-6-9-20(19)27/h3-4,7,10-13,15,19-20,27-28H,5-6,8-9,14H2,1-2H3,(H,25,29)/b7-3-,17-4+,22-21-/t19-,20?/m0/s1. The zero-order chi connectivity index (χ0) is 20.8. The molecule has 3 rings (SSSR count). The van der Waals surface area contributed by atoms with Crippen molar-refractivity contribution < 1.29 is 15.0 Å². The molecule has 0 aliphatic heterocycles. The SMILES string of the molecule is C\C=C/C(O)=c1\c(=C\C)c(C(=O)N[C@H]2CCCCC2O)cn1Cc1ccncc1. The van der Waals surface area contributed by atoms with Crippen LogP contribution in [-0.2, 0) is 6.54 Å². The number of rotatable bonds is 5. The molecule has 1 aliphatic carbocycles. The molecular weight excluding hydrogens is 366 g/mol. The number of aromatic nitrogens is 2. The molecule has 29 heavy (non-hydrogen) atoms. The number of allylic oxidation sites excluding steroid dienone is 1. The molecule has 6 nitrogen and oxygen atoms in total. The molecule has 154 valence electrons. The molecule has 1 aliphatic rings. The second-order valence-corrected chi connectivity index (χ2v) is 7.39. The van der Waals surface area contributed by atoms with Crippen LogP contribution < -0.4 is 15.9 Å². The van der Waals surface area contributed by atoms with E-state index in [1.165, 1.54) is 0 Å². The van der Waals surface area contributed by atoms with Crippen molar-refractivity contribution in [2.24, 2.45) is 0 Å². The molecule has 0 radical (unpaired) electrons. The maximum atomic E-state index is 13.1. The molecule has 2 heterocycles. The summed E-state index contributed by atoms with van der Waals surface area (Å²) < 4.78 is 1.88. The summed E-state index contributed by atoms with van der Waals surface area (Å²) in [6.45, 7) is 4.18. The van der Waals surface area contributed by atoms with E-state index < -0.39 is 6.10 Å². The Hall–Kier alpha value is -2.86. The number of carbonyl (C=O) groups excluding carboxylic acids is 1. The molecule has 0 saturated heterocycles. The van der Waals surface area contributed by atoms with Gasteiger partial charge in [0, 0.05) is 30.4 Å². The van der Waals surface area contributed by atoms with Gasteiger partial charge in [-0.2, -0.15) is 0 Å². The van der Waals surface area contributed by atoms with Gasteiger partial charge in [-0.05, 0) is 50.5 Å². The average molecular weight is 396 g/mol. The first-order chi connectivity index (χ1) is 14.0. The minimum Gasteiger partial charge on any atom is -0.506 e. The Balaban J connectivity index is 2.04. The minimum absolute atomic E-state index is 0.103. The third kappa shape index (κ3) is 4.77. The van der Waals surface area contributed by atoms with Crippen molar-refractivity contribution in [1.82, 2.24) is 14.9 Å². The molecule has 1 amide bonds. The number of nitrogens with zero attached hydrogens (tertiary/aromatic N) is 2. The van der Waals surface area contributed by atoms with Crippen LogP contribution in [0.15, 0.2) is 42.9 Å². The van der Waals surface area contributed by atoms with Crippen LogP contribution in [0, 0.1) is 0 Å². The lowest BCUT2D eigenvalue weighted by atomic mass is 9.92. The summed E-state index contributed by atoms with van der Waals surface area (Å²) in [4.78, 5) is 17.1. The lowest BCUT2D eigenvalue weighted by molar-refractivity contribution is 0.0716. The lowest BCUT2D eigenvalue weighted by Gasteiger charge is -2.28. The van der Waals surface area contributed by atoms with Crippen molar-refractivity contribution in [3.63, 3.8) is 0 Å². The third-order valence-corrected chi connectivity index (χ3v) is 5.37. The number of nitrogens with one attached hydrogen (secondary N) is 1. The predicted molar refractivity (Wildman–Crippen MR) is 114 cm³/mol. The van der Waals surface area contributed by atoms with E-state index >= 15 is 0 Å². The summed E-state index contributed by atoms with van der Waals surface area (Å²) in [5, 5.41) is 25.1. The monoisotopic (exact) mass is 395 g/mol. The molecule has 0 spiro atoms. The zero-order valence-electron chi connectivity index (χ0n) is 17.0. The van der Waals surface area contributed by atoms with E-state index in [0.29, 0.717) is 29.1 Å². The van der Waals surface area contributed by atoms with Crippen molar-refractivity contribution in [2.75, 3.05) is 0 Å². The maximum absolute atomic E-state index is 13.1. The van der Waals surface area contributed by atoms with Gasteiger partial charge in [0.1, 0.15) is 5.76 Å². The summed E-state index contributed by atoms with van der Waals surface area (Å²) in [7, 11) is 0. The van der Waals surface area contributed by atoms with E-state index in [9.17, 15) is 15.0 Å². The average Bonchev–Trinajstić information content (AvgIpc) is 3.09. The largest absolute Gasteiger partial charge is 0.506 e. The van der Waals surface area contributed by atoms with Crippen molar-refractivity contribution >= 4 is 17.7 Å². The molecule has 0 aromatic carbocycles. The summed E-state index contributed by atoms with van der Waals surface area (Å²) in [6, 6.07) is 3.58. The van der Waals surface area contributed by atoms with E-state index in [-0.39, 0.29) is 17.7 Å². The van der Waals surface area contributed by atoms with Gasteiger partial charge in [-0.15, -0.1) is 0 Å². The van der Waals surface area contributed by atoms with Gasteiger partial charge in [-0.25, -0.2) is 0 Å². The number of carbonyl (C=O) groups is 1. The van der Waals surface area contributed by atoms with Gasteiger partial charge in [0.05, 0.1) is 23.1 Å². The first-order valence-electron chi connectivity index (χ1n) is 10.1. The maximum Gasteiger partial charge on any atom is 0.253 e. The van der Waals surface area contributed by atoms with Crippen LogP contribution in [0.25, 0.3) is 11.8 Å². The van der Waals surface area contributed by atoms with E-state index in [2.05, 4.69) is 10.3 Å². The Morgan fingerprint density at radius 1 is 1.28 bits per heavy atom. The first kappa shape index (κ1) is 20.9. The fourth-order valence-electron chi connectivity index (χ4n) is 3.90. The normalized spacial score (nSPS) is 21.4. The molecule has 1 unspecified atom stereocenters. The van der Waals surface area contributed by atoms with Crippen LogP contribution in [0.2, 0.25) is 0 Å². The Kier molecular flexibility index (Phi) is 6.88. The van der Waals surface area contributed by atoms with Crippen molar-refractivity contribution in [3.8, 4) is 0 Å². The van der Waals surface area contributed by atoms with E-state index in [4.69, 9.17) is 0 Å². The van der Waals surface area contributed by atoms with E-state index in [0.717, 1.165) is 24.8 Å². The Labute approximate surface area is 170 Å². The number of pyridine rings is 1. The number of hydrogen-bond donors (Lipinski definition) is 3. The van der Waals surface area contributed by atoms with Gasteiger partial charge in [-0.1, -0.05) is 25.0 Å². The quantitative estimate of drug-likeness (QED) is 0.723. The second-order valence-electron chi connectivity index (χ2n) is 7.39. The van der Waals surface area contributed by atoms with Gasteiger partial charge < -0.3 is 20.1 Å². The molecule has 2 aromatic rings. The van der Waals surface area contributed by atoms with Gasteiger partial charge in [0.25, 0.3) is 5.91 Å². The highest BCUT2D eigenvalue weighted by molar-refractivity contribution is 5.95. The second kappa shape index (κ2) is 9.56. The summed E-state index contributed by atoms with van der Waals surface area (Å²) >= 11 is 0. The molecule has 2 atom stereocenters. The summed E-state index contributed by atoms with van der Waals surface area (Å²) in [5.74, 6) is -0.126. The van der Waals surface area contributed by atoms with Crippen LogP contribution >= 0.6 is 0 Å². The topological polar surface area (TPSA) is 87.4 Å². The fourth-order valence-corrected chi connectivity index (χ4v) is 3.90. The molecule has 6 heteroatoms.